The molecule has 0 unspecified atom stereocenters. The first-order chi connectivity index (χ1) is 10.5. The fourth-order valence-electron chi connectivity index (χ4n) is 2.34. The van der Waals surface area contributed by atoms with Crippen LogP contribution >= 0.6 is 11.6 Å². The van der Waals surface area contributed by atoms with Crippen molar-refractivity contribution in [1.29, 1.82) is 0 Å². The molecule has 2 heterocycles. The standard InChI is InChI=1S/C16H12ClFN2O2/c1-2-12-15(20-8-10(18)4-6-14(20)19-12)16(22)9-3-5-13(21)11(17)7-9/h3-8,21H,2H2,1H3. The highest BCUT2D eigenvalue weighted by Crippen LogP contribution is 2.26. The summed E-state index contributed by atoms with van der Waals surface area (Å²) in [4.78, 5) is 17.1. The minimum Gasteiger partial charge on any atom is -0.506 e. The van der Waals surface area contributed by atoms with E-state index in [2.05, 4.69) is 4.98 Å². The number of ketones is 1. The van der Waals surface area contributed by atoms with E-state index in [-0.39, 0.29) is 16.6 Å². The van der Waals surface area contributed by atoms with E-state index in [9.17, 15) is 14.3 Å². The topological polar surface area (TPSA) is 54.6 Å². The molecule has 0 fully saturated rings. The van der Waals surface area contributed by atoms with E-state index in [1.54, 1.807) is 0 Å². The predicted octanol–water partition coefficient (Wildman–Crippen LogP) is 3.63. The molecule has 0 saturated heterocycles. The lowest BCUT2D eigenvalue weighted by Crippen LogP contribution is -2.08. The van der Waals surface area contributed by atoms with E-state index in [4.69, 9.17) is 11.6 Å². The van der Waals surface area contributed by atoms with Crippen molar-refractivity contribution in [2.75, 3.05) is 0 Å². The summed E-state index contributed by atoms with van der Waals surface area (Å²) >= 11 is 5.85. The van der Waals surface area contributed by atoms with E-state index in [0.717, 1.165) is 0 Å². The van der Waals surface area contributed by atoms with Gasteiger partial charge in [-0.1, -0.05) is 18.5 Å². The molecule has 0 atom stereocenters. The van der Waals surface area contributed by atoms with Gasteiger partial charge in [-0.25, -0.2) is 9.37 Å². The van der Waals surface area contributed by atoms with E-state index in [0.29, 0.717) is 29.0 Å². The fourth-order valence-corrected chi connectivity index (χ4v) is 2.52. The second-order valence-corrected chi connectivity index (χ2v) is 5.24. The molecule has 3 rings (SSSR count). The fraction of sp³-hybridized carbons (Fsp3) is 0.125. The molecule has 1 N–H and O–H groups in total. The first-order valence-electron chi connectivity index (χ1n) is 6.71. The Labute approximate surface area is 130 Å². The molecule has 0 aliphatic carbocycles. The molecular formula is C16H12ClFN2O2. The highest BCUT2D eigenvalue weighted by atomic mass is 35.5. The molecule has 6 heteroatoms. The number of imidazole rings is 1. The van der Waals surface area contributed by atoms with Crippen LogP contribution in [-0.2, 0) is 6.42 Å². The second-order valence-electron chi connectivity index (χ2n) is 4.83. The number of hydrogen-bond donors (Lipinski definition) is 1. The van der Waals surface area contributed by atoms with Gasteiger partial charge in [0.25, 0.3) is 0 Å². The maximum absolute atomic E-state index is 13.5. The molecule has 0 bridgehead atoms. The molecule has 0 aliphatic rings. The third-order valence-corrected chi connectivity index (χ3v) is 3.72. The lowest BCUT2D eigenvalue weighted by Gasteiger charge is -2.05. The number of aromatic hydroxyl groups is 1. The van der Waals surface area contributed by atoms with Crippen molar-refractivity contribution in [3.05, 3.63) is 64.3 Å². The Kier molecular flexibility index (Phi) is 3.58. The monoisotopic (exact) mass is 318 g/mol. The second kappa shape index (κ2) is 5.42. The average Bonchev–Trinajstić information content (AvgIpc) is 2.87. The Morgan fingerprint density at radius 1 is 1.36 bits per heavy atom. The molecule has 2 aromatic heterocycles. The minimum atomic E-state index is -0.453. The van der Waals surface area contributed by atoms with Crippen LogP contribution < -0.4 is 0 Å². The summed E-state index contributed by atoms with van der Waals surface area (Å²) in [6.07, 6.45) is 1.77. The molecule has 112 valence electrons. The van der Waals surface area contributed by atoms with Gasteiger partial charge in [-0.05, 0) is 36.8 Å². The zero-order valence-corrected chi connectivity index (χ0v) is 12.4. The van der Waals surface area contributed by atoms with Crippen LogP contribution in [0.3, 0.4) is 0 Å². The summed E-state index contributed by atoms with van der Waals surface area (Å²) in [7, 11) is 0. The Hall–Kier alpha value is -2.40. The number of benzene rings is 1. The van der Waals surface area contributed by atoms with Crippen molar-refractivity contribution in [2.45, 2.75) is 13.3 Å². The molecule has 1 aromatic carbocycles. The van der Waals surface area contributed by atoms with E-state index < -0.39 is 5.82 Å². The Morgan fingerprint density at radius 2 is 2.14 bits per heavy atom. The largest absolute Gasteiger partial charge is 0.506 e. The van der Waals surface area contributed by atoms with Crippen molar-refractivity contribution >= 4 is 23.0 Å². The van der Waals surface area contributed by atoms with Gasteiger partial charge in [0.1, 0.15) is 22.9 Å². The van der Waals surface area contributed by atoms with Gasteiger partial charge in [0.2, 0.25) is 5.78 Å². The summed E-state index contributed by atoms with van der Waals surface area (Å²) in [5, 5.41) is 9.54. The predicted molar refractivity (Wildman–Crippen MR) is 81.1 cm³/mol. The van der Waals surface area contributed by atoms with Crippen molar-refractivity contribution in [2.24, 2.45) is 0 Å². The van der Waals surface area contributed by atoms with Crippen molar-refractivity contribution in [1.82, 2.24) is 9.38 Å². The first-order valence-corrected chi connectivity index (χ1v) is 7.08. The number of aromatic nitrogens is 2. The summed E-state index contributed by atoms with van der Waals surface area (Å²) in [6, 6.07) is 7.03. The number of nitrogens with zero attached hydrogens (tertiary/aromatic N) is 2. The number of fused-ring (bicyclic) bond motifs is 1. The molecule has 22 heavy (non-hydrogen) atoms. The van der Waals surface area contributed by atoms with E-state index >= 15 is 0 Å². The molecule has 0 aliphatic heterocycles. The Balaban J connectivity index is 2.21. The molecular weight excluding hydrogens is 307 g/mol. The number of aryl methyl sites for hydroxylation is 1. The van der Waals surface area contributed by atoms with Crippen LogP contribution in [0.5, 0.6) is 5.75 Å². The van der Waals surface area contributed by atoms with Gasteiger partial charge < -0.3 is 5.11 Å². The number of hydrogen-bond acceptors (Lipinski definition) is 3. The smallest absolute Gasteiger partial charge is 0.211 e. The van der Waals surface area contributed by atoms with Crippen LogP contribution in [0.4, 0.5) is 4.39 Å². The van der Waals surface area contributed by atoms with Gasteiger partial charge >= 0.3 is 0 Å². The zero-order valence-electron chi connectivity index (χ0n) is 11.7. The quantitative estimate of drug-likeness (QED) is 0.750. The Bertz CT molecular complexity index is 889. The first kappa shape index (κ1) is 14.5. The molecule has 0 spiro atoms. The third kappa shape index (κ3) is 2.33. The van der Waals surface area contributed by atoms with Crippen LogP contribution in [0, 0.1) is 5.82 Å². The normalized spacial score (nSPS) is 11.0. The lowest BCUT2D eigenvalue weighted by molar-refractivity contribution is 0.103. The SMILES string of the molecule is CCc1nc2ccc(F)cn2c1C(=O)c1ccc(O)c(Cl)c1. The number of phenols is 1. The van der Waals surface area contributed by atoms with Crippen LogP contribution in [-0.4, -0.2) is 20.3 Å². The van der Waals surface area contributed by atoms with Crippen molar-refractivity contribution in [3.63, 3.8) is 0 Å². The number of halogens is 2. The number of rotatable bonds is 3. The summed E-state index contributed by atoms with van der Waals surface area (Å²) in [5.41, 5.74) is 1.70. The van der Waals surface area contributed by atoms with Gasteiger partial charge in [-0.2, -0.15) is 0 Å². The third-order valence-electron chi connectivity index (χ3n) is 3.41. The van der Waals surface area contributed by atoms with Gasteiger partial charge in [0, 0.05) is 11.8 Å². The number of pyridine rings is 1. The molecule has 4 nitrogen and oxygen atoms in total. The van der Waals surface area contributed by atoms with Gasteiger partial charge in [-0.15, -0.1) is 0 Å². The highest BCUT2D eigenvalue weighted by molar-refractivity contribution is 6.32. The summed E-state index contributed by atoms with van der Waals surface area (Å²) < 4.78 is 14.9. The van der Waals surface area contributed by atoms with E-state index in [1.807, 2.05) is 6.92 Å². The zero-order chi connectivity index (χ0) is 15.9. The summed E-state index contributed by atoms with van der Waals surface area (Å²) in [6.45, 7) is 1.87. The van der Waals surface area contributed by atoms with Gasteiger partial charge in [0.15, 0.2) is 0 Å². The molecule has 0 amide bonds. The van der Waals surface area contributed by atoms with Gasteiger partial charge in [-0.3, -0.25) is 9.20 Å². The van der Waals surface area contributed by atoms with Gasteiger partial charge in [0.05, 0.1) is 10.7 Å². The number of carbonyl (C=O) groups excluding carboxylic acids is 1. The highest BCUT2D eigenvalue weighted by Gasteiger charge is 2.20. The van der Waals surface area contributed by atoms with E-state index in [1.165, 1.54) is 40.9 Å². The Morgan fingerprint density at radius 3 is 2.82 bits per heavy atom. The average molecular weight is 319 g/mol. The minimum absolute atomic E-state index is 0.0869. The molecule has 0 radical (unpaired) electrons. The lowest BCUT2D eigenvalue weighted by atomic mass is 10.1. The molecule has 3 aromatic rings. The van der Waals surface area contributed by atoms with Crippen LogP contribution in [0.15, 0.2) is 36.5 Å². The number of carbonyl (C=O) groups is 1. The summed E-state index contributed by atoms with van der Waals surface area (Å²) in [5.74, 6) is -0.875. The molecule has 0 saturated carbocycles. The number of phenolic OH excluding ortho intramolecular Hbond substituents is 1. The van der Waals surface area contributed by atoms with Crippen molar-refractivity contribution in [3.8, 4) is 5.75 Å². The van der Waals surface area contributed by atoms with Crippen LogP contribution in [0.2, 0.25) is 5.02 Å². The van der Waals surface area contributed by atoms with Crippen molar-refractivity contribution < 1.29 is 14.3 Å². The maximum atomic E-state index is 13.5. The van der Waals surface area contributed by atoms with Crippen LogP contribution in [0.25, 0.3) is 5.65 Å². The maximum Gasteiger partial charge on any atom is 0.211 e. The van der Waals surface area contributed by atoms with Crippen LogP contribution in [0.1, 0.15) is 28.7 Å².